The largest absolute Gasteiger partial charge is 0.508 e. The van der Waals surface area contributed by atoms with Gasteiger partial charge in [-0.25, -0.2) is 9.97 Å². The molecular formula is C34H22Cl2N4O2S2. The van der Waals surface area contributed by atoms with Gasteiger partial charge in [0, 0.05) is 11.4 Å². The third-order valence-corrected chi connectivity index (χ3v) is 9.65. The number of aromatic nitrogens is 4. The second-order valence-corrected chi connectivity index (χ2v) is 12.4. The maximum absolute atomic E-state index is 9.52. The lowest BCUT2D eigenvalue weighted by Crippen LogP contribution is -1.96. The van der Waals surface area contributed by atoms with E-state index < -0.39 is 0 Å². The Bertz CT molecular complexity index is 2070. The van der Waals surface area contributed by atoms with Crippen LogP contribution in [-0.2, 0) is 0 Å². The highest BCUT2D eigenvalue weighted by Gasteiger charge is 2.18. The number of benzene rings is 4. The van der Waals surface area contributed by atoms with Crippen molar-refractivity contribution in [1.29, 1.82) is 0 Å². The molecule has 0 amide bonds. The molecule has 4 heterocycles. The lowest BCUT2D eigenvalue weighted by molar-refractivity contribution is 0.474. The van der Waals surface area contributed by atoms with Gasteiger partial charge in [0.15, 0.2) is 11.6 Å². The molecule has 216 valence electrons. The van der Waals surface area contributed by atoms with Crippen molar-refractivity contribution in [3.63, 3.8) is 0 Å². The minimum Gasteiger partial charge on any atom is -0.508 e. The number of imidazole rings is 2. The molecule has 0 fully saturated rings. The van der Waals surface area contributed by atoms with Gasteiger partial charge in [-0.2, -0.15) is 0 Å². The topological polar surface area (TPSA) is 76.1 Å². The average molecular weight is 654 g/mol. The number of hydrogen-bond acceptors (Lipinski definition) is 6. The maximum Gasteiger partial charge on any atom is 0.157 e. The fraction of sp³-hybridized carbons (Fsp3) is 0. The number of phenolic OH excluding ortho intramolecular Hbond substituents is 2. The van der Waals surface area contributed by atoms with Crippen LogP contribution in [0.25, 0.3) is 54.8 Å². The first kappa shape index (κ1) is 28.2. The van der Waals surface area contributed by atoms with Gasteiger partial charge in [0.1, 0.15) is 11.5 Å². The third-order valence-electron chi connectivity index (χ3n) is 6.98. The second-order valence-electron chi connectivity index (χ2n) is 9.75. The molecule has 4 aromatic heterocycles. The number of thiophene rings is 2. The van der Waals surface area contributed by atoms with Crippen molar-refractivity contribution < 1.29 is 10.2 Å². The van der Waals surface area contributed by atoms with E-state index >= 15 is 0 Å². The highest BCUT2D eigenvalue weighted by Crippen LogP contribution is 2.38. The van der Waals surface area contributed by atoms with Crippen LogP contribution in [0.4, 0.5) is 0 Å². The SMILES string of the molecule is Oc1ccc(-n2c(-c3sccc3Cl)nc3ccccc32)cc1.Oc1ccc(-n2c(-c3sccc3Cl)nc3ccccc32)cc1. The Kier molecular flexibility index (Phi) is 7.57. The van der Waals surface area contributed by atoms with E-state index in [1.807, 2.05) is 95.7 Å². The molecular weight excluding hydrogens is 631 g/mol. The molecule has 0 aliphatic carbocycles. The molecule has 0 aliphatic heterocycles. The monoisotopic (exact) mass is 652 g/mol. The van der Waals surface area contributed by atoms with Gasteiger partial charge in [-0.15, -0.1) is 22.7 Å². The summed E-state index contributed by atoms with van der Waals surface area (Å²) in [5.41, 5.74) is 5.71. The Morgan fingerprint density at radius 2 is 0.886 bits per heavy atom. The average Bonchev–Trinajstić information content (AvgIpc) is 3.83. The fourth-order valence-corrected chi connectivity index (χ4v) is 7.23. The minimum absolute atomic E-state index is 0.240. The number of halogens is 2. The predicted molar refractivity (Wildman–Crippen MR) is 182 cm³/mol. The van der Waals surface area contributed by atoms with E-state index in [0.29, 0.717) is 10.0 Å². The minimum atomic E-state index is 0.240. The number of aromatic hydroxyl groups is 2. The summed E-state index contributed by atoms with van der Waals surface area (Å²) in [5.74, 6) is 2.10. The quantitative estimate of drug-likeness (QED) is 0.198. The van der Waals surface area contributed by atoms with Gasteiger partial charge >= 0.3 is 0 Å². The smallest absolute Gasteiger partial charge is 0.157 e. The van der Waals surface area contributed by atoms with Crippen LogP contribution in [-0.4, -0.2) is 29.3 Å². The lowest BCUT2D eigenvalue weighted by Gasteiger charge is -2.09. The van der Waals surface area contributed by atoms with Crippen molar-refractivity contribution in [3.05, 3.63) is 130 Å². The molecule has 8 rings (SSSR count). The zero-order valence-corrected chi connectivity index (χ0v) is 25.9. The van der Waals surface area contributed by atoms with Crippen LogP contribution in [0.3, 0.4) is 0 Å². The zero-order chi connectivity index (χ0) is 30.2. The molecule has 6 nitrogen and oxygen atoms in total. The molecule has 0 saturated carbocycles. The molecule has 0 bridgehead atoms. The number of hydrogen-bond donors (Lipinski definition) is 2. The van der Waals surface area contributed by atoms with Crippen molar-refractivity contribution in [3.8, 4) is 44.3 Å². The summed E-state index contributed by atoms with van der Waals surface area (Å²) in [5, 5.41) is 24.3. The summed E-state index contributed by atoms with van der Waals surface area (Å²) in [7, 11) is 0. The van der Waals surface area contributed by atoms with E-state index in [2.05, 4.69) is 9.13 Å². The fourth-order valence-electron chi connectivity index (χ4n) is 4.99. The van der Waals surface area contributed by atoms with Gasteiger partial charge in [0.05, 0.1) is 41.9 Å². The third kappa shape index (κ3) is 5.22. The van der Waals surface area contributed by atoms with Gasteiger partial charge in [0.25, 0.3) is 0 Å². The van der Waals surface area contributed by atoms with Crippen LogP contribution in [0.2, 0.25) is 10.0 Å². The Hall–Kier alpha value is -4.60. The second kappa shape index (κ2) is 11.8. The zero-order valence-electron chi connectivity index (χ0n) is 22.8. The van der Waals surface area contributed by atoms with E-state index in [0.717, 1.165) is 54.8 Å². The number of fused-ring (bicyclic) bond motifs is 2. The highest BCUT2D eigenvalue weighted by atomic mass is 35.5. The summed E-state index contributed by atoms with van der Waals surface area (Å²) in [6.45, 7) is 0. The van der Waals surface area contributed by atoms with Crippen molar-refractivity contribution in [2.75, 3.05) is 0 Å². The first-order chi connectivity index (χ1) is 21.5. The predicted octanol–water partition coefficient (Wildman–Crippen LogP) is 10.2. The van der Waals surface area contributed by atoms with Crippen molar-refractivity contribution >= 4 is 67.9 Å². The van der Waals surface area contributed by atoms with Gasteiger partial charge in [0.2, 0.25) is 0 Å². The van der Waals surface area contributed by atoms with E-state index in [4.69, 9.17) is 33.2 Å². The van der Waals surface area contributed by atoms with Gasteiger partial charge in [-0.3, -0.25) is 9.13 Å². The molecule has 0 spiro atoms. The van der Waals surface area contributed by atoms with Gasteiger partial charge < -0.3 is 10.2 Å². The maximum atomic E-state index is 9.52. The first-order valence-corrected chi connectivity index (χ1v) is 16.0. The van der Waals surface area contributed by atoms with Crippen molar-refractivity contribution in [2.24, 2.45) is 0 Å². The number of phenols is 2. The number of rotatable bonds is 4. The molecule has 0 unspecified atom stereocenters. The summed E-state index contributed by atoms with van der Waals surface area (Å²) >= 11 is 15.7. The van der Waals surface area contributed by atoms with Gasteiger partial charge in [-0.1, -0.05) is 47.5 Å². The van der Waals surface area contributed by atoms with Crippen LogP contribution in [0.1, 0.15) is 0 Å². The number of para-hydroxylation sites is 4. The standard InChI is InChI=1S/2C17H11ClN2OS/c2*18-13-9-10-22-16(13)17-19-14-3-1-2-4-15(14)20(17)11-5-7-12(21)8-6-11/h2*1-10,21H. The van der Waals surface area contributed by atoms with Gasteiger partial charge in [-0.05, 0) is 95.7 Å². The highest BCUT2D eigenvalue weighted by molar-refractivity contribution is 7.14. The van der Waals surface area contributed by atoms with Crippen LogP contribution >= 0.6 is 45.9 Å². The van der Waals surface area contributed by atoms with Crippen LogP contribution in [0.15, 0.2) is 120 Å². The molecule has 0 radical (unpaired) electrons. The van der Waals surface area contributed by atoms with E-state index in [9.17, 15) is 10.2 Å². The lowest BCUT2D eigenvalue weighted by atomic mass is 10.2. The molecule has 10 heteroatoms. The Balaban J connectivity index is 0.000000142. The summed E-state index contributed by atoms with van der Waals surface area (Å²) in [6, 6.07) is 33.8. The molecule has 0 aliphatic rings. The van der Waals surface area contributed by atoms with Crippen molar-refractivity contribution in [1.82, 2.24) is 19.1 Å². The van der Waals surface area contributed by atoms with Crippen LogP contribution < -0.4 is 0 Å². The molecule has 4 aromatic carbocycles. The number of nitrogens with zero attached hydrogens (tertiary/aromatic N) is 4. The molecule has 8 aromatic rings. The van der Waals surface area contributed by atoms with E-state index in [1.165, 1.54) is 0 Å². The molecule has 0 saturated heterocycles. The molecule has 2 N–H and O–H groups in total. The van der Waals surface area contributed by atoms with Crippen LogP contribution in [0, 0.1) is 0 Å². The van der Waals surface area contributed by atoms with E-state index in [-0.39, 0.29) is 11.5 Å². The Morgan fingerprint density at radius 1 is 0.500 bits per heavy atom. The van der Waals surface area contributed by atoms with E-state index in [1.54, 1.807) is 46.9 Å². The summed E-state index contributed by atoms with van der Waals surface area (Å²) in [6.07, 6.45) is 0. The van der Waals surface area contributed by atoms with Crippen LogP contribution in [0.5, 0.6) is 11.5 Å². The normalized spacial score (nSPS) is 11.1. The first-order valence-electron chi connectivity index (χ1n) is 13.5. The Labute approximate surface area is 270 Å². The van der Waals surface area contributed by atoms with Crippen molar-refractivity contribution in [2.45, 2.75) is 0 Å². The molecule has 0 atom stereocenters. The summed E-state index contributed by atoms with van der Waals surface area (Å²) < 4.78 is 4.12. The summed E-state index contributed by atoms with van der Waals surface area (Å²) in [4.78, 5) is 11.4. The molecule has 44 heavy (non-hydrogen) atoms. The Morgan fingerprint density at radius 3 is 1.25 bits per heavy atom.